The topological polar surface area (TPSA) is 47.6 Å². The number of amides is 1. The molecule has 0 radical (unpaired) electrons. The van der Waals surface area contributed by atoms with Crippen molar-refractivity contribution in [2.75, 3.05) is 13.2 Å². The maximum Gasteiger partial charge on any atom is 0.220 e. The fourth-order valence-electron chi connectivity index (χ4n) is 5.16. The van der Waals surface area contributed by atoms with Gasteiger partial charge in [0.2, 0.25) is 5.91 Å². The van der Waals surface area contributed by atoms with E-state index in [2.05, 4.69) is 74.6 Å². The van der Waals surface area contributed by atoms with E-state index in [1.807, 2.05) is 0 Å². The van der Waals surface area contributed by atoms with Crippen molar-refractivity contribution < 1.29 is 14.3 Å². The molecule has 0 unspecified atom stereocenters. The summed E-state index contributed by atoms with van der Waals surface area (Å²) in [6.45, 7) is 23.4. The van der Waals surface area contributed by atoms with Crippen molar-refractivity contribution in [3.8, 4) is 0 Å². The minimum Gasteiger partial charge on any atom is -0.376 e. The summed E-state index contributed by atoms with van der Waals surface area (Å²) in [7, 11) is 0. The summed E-state index contributed by atoms with van der Waals surface area (Å²) < 4.78 is 12.5. The van der Waals surface area contributed by atoms with Crippen LogP contribution in [0.15, 0.2) is 0 Å². The lowest BCUT2D eigenvalue weighted by molar-refractivity contribution is -0.123. The second kappa shape index (κ2) is 13.5. The highest BCUT2D eigenvalue weighted by Crippen LogP contribution is 2.38. The standard InChI is InChI=1S/C29H57NO3/c1-22(2)15-17-32-28(7,8)20-24-11-13-25(14-12-24)21-29(9,10)33-18-16-27(5,6)30-26(31)19-23(3)4/h22-25H,11-21H2,1-10H3,(H,30,31). The summed E-state index contributed by atoms with van der Waals surface area (Å²) in [4.78, 5) is 12.1. The van der Waals surface area contributed by atoms with E-state index < -0.39 is 0 Å². The molecule has 1 aliphatic carbocycles. The fraction of sp³-hybridized carbons (Fsp3) is 0.966. The van der Waals surface area contributed by atoms with Crippen LogP contribution in [0.1, 0.15) is 127 Å². The molecule has 0 aliphatic heterocycles. The van der Waals surface area contributed by atoms with Gasteiger partial charge in [0, 0.05) is 25.2 Å². The van der Waals surface area contributed by atoms with Gasteiger partial charge < -0.3 is 14.8 Å². The van der Waals surface area contributed by atoms with Gasteiger partial charge in [-0.3, -0.25) is 4.79 Å². The Balaban J connectivity index is 2.34. The second-order valence-corrected chi connectivity index (χ2v) is 13.5. The van der Waals surface area contributed by atoms with E-state index in [4.69, 9.17) is 9.47 Å². The Bertz CT molecular complexity index is 557. The molecule has 0 heterocycles. The molecule has 4 nitrogen and oxygen atoms in total. The number of carbonyl (C=O) groups excluding carboxylic acids is 1. The van der Waals surface area contributed by atoms with Crippen molar-refractivity contribution >= 4 is 5.91 Å². The van der Waals surface area contributed by atoms with Crippen molar-refractivity contribution in [2.24, 2.45) is 23.7 Å². The molecule has 0 aromatic heterocycles. The predicted molar refractivity (Wildman–Crippen MR) is 140 cm³/mol. The quantitative estimate of drug-likeness (QED) is 0.270. The molecule has 33 heavy (non-hydrogen) atoms. The van der Waals surface area contributed by atoms with Crippen LogP contribution in [-0.4, -0.2) is 35.9 Å². The Morgan fingerprint density at radius 1 is 0.788 bits per heavy atom. The summed E-state index contributed by atoms with van der Waals surface area (Å²) in [6, 6.07) is 0. The highest BCUT2D eigenvalue weighted by atomic mass is 16.5. The van der Waals surface area contributed by atoms with E-state index in [0.29, 0.717) is 24.9 Å². The van der Waals surface area contributed by atoms with Crippen LogP contribution in [0.3, 0.4) is 0 Å². The first kappa shape index (κ1) is 30.4. The summed E-state index contributed by atoms with van der Waals surface area (Å²) in [5.41, 5.74) is -0.356. The predicted octanol–water partition coefficient (Wildman–Crippen LogP) is 7.54. The van der Waals surface area contributed by atoms with E-state index >= 15 is 0 Å². The number of hydrogen-bond acceptors (Lipinski definition) is 3. The zero-order chi connectivity index (χ0) is 25.3. The summed E-state index contributed by atoms with van der Waals surface area (Å²) in [5, 5.41) is 3.17. The zero-order valence-electron chi connectivity index (χ0n) is 23.8. The molecule has 0 bridgehead atoms. The molecule has 0 aromatic carbocycles. The normalized spacial score (nSPS) is 20.5. The fourth-order valence-corrected chi connectivity index (χ4v) is 5.16. The van der Waals surface area contributed by atoms with Gasteiger partial charge in [-0.25, -0.2) is 0 Å². The Labute approximate surface area is 206 Å². The van der Waals surface area contributed by atoms with E-state index in [9.17, 15) is 4.79 Å². The third kappa shape index (κ3) is 14.4. The van der Waals surface area contributed by atoms with Crippen molar-refractivity contribution in [3.05, 3.63) is 0 Å². The molecule has 4 heteroatoms. The zero-order valence-corrected chi connectivity index (χ0v) is 23.8. The third-order valence-electron chi connectivity index (χ3n) is 7.01. The summed E-state index contributed by atoms with van der Waals surface area (Å²) in [5.74, 6) is 2.76. The monoisotopic (exact) mass is 467 g/mol. The molecule has 196 valence electrons. The Hall–Kier alpha value is -0.610. The minimum absolute atomic E-state index is 0.00777. The van der Waals surface area contributed by atoms with Gasteiger partial charge >= 0.3 is 0 Å². The van der Waals surface area contributed by atoms with E-state index in [1.54, 1.807) is 0 Å². The number of nitrogens with one attached hydrogen (secondary N) is 1. The summed E-state index contributed by atoms with van der Waals surface area (Å²) >= 11 is 0. The van der Waals surface area contributed by atoms with Crippen LogP contribution in [0.5, 0.6) is 0 Å². The third-order valence-corrected chi connectivity index (χ3v) is 7.01. The molecule has 1 fully saturated rings. The van der Waals surface area contributed by atoms with Gasteiger partial charge in [0.15, 0.2) is 0 Å². The number of carbonyl (C=O) groups is 1. The second-order valence-electron chi connectivity index (χ2n) is 13.5. The molecule has 0 atom stereocenters. The average molecular weight is 468 g/mol. The Kier molecular flexibility index (Phi) is 12.4. The molecule has 0 saturated heterocycles. The van der Waals surface area contributed by atoms with E-state index in [1.165, 1.54) is 32.1 Å². The molecular weight excluding hydrogens is 410 g/mol. The molecule has 1 aliphatic rings. The first-order chi connectivity index (χ1) is 15.1. The maximum atomic E-state index is 12.1. The maximum absolute atomic E-state index is 12.1. The molecule has 0 spiro atoms. The molecule has 1 saturated carbocycles. The van der Waals surface area contributed by atoms with E-state index in [-0.39, 0.29) is 22.6 Å². The van der Waals surface area contributed by atoms with Gasteiger partial charge in [0.05, 0.1) is 11.2 Å². The van der Waals surface area contributed by atoms with Gasteiger partial charge in [0.25, 0.3) is 0 Å². The average Bonchev–Trinajstić information content (AvgIpc) is 2.60. The lowest BCUT2D eigenvalue weighted by Crippen LogP contribution is -2.45. The lowest BCUT2D eigenvalue weighted by Gasteiger charge is -2.37. The van der Waals surface area contributed by atoms with Crippen molar-refractivity contribution in [1.29, 1.82) is 0 Å². The molecular formula is C29H57NO3. The number of hydrogen-bond donors (Lipinski definition) is 1. The van der Waals surface area contributed by atoms with Crippen LogP contribution in [0.2, 0.25) is 0 Å². The first-order valence-corrected chi connectivity index (χ1v) is 13.7. The molecule has 1 amide bonds. The Morgan fingerprint density at radius 3 is 1.67 bits per heavy atom. The Morgan fingerprint density at radius 2 is 1.24 bits per heavy atom. The van der Waals surface area contributed by atoms with Crippen molar-refractivity contribution in [3.63, 3.8) is 0 Å². The van der Waals surface area contributed by atoms with Gasteiger partial charge in [-0.15, -0.1) is 0 Å². The first-order valence-electron chi connectivity index (χ1n) is 13.7. The van der Waals surface area contributed by atoms with Crippen LogP contribution in [0.25, 0.3) is 0 Å². The van der Waals surface area contributed by atoms with Crippen molar-refractivity contribution in [1.82, 2.24) is 5.32 Å². The highest BCUT2D eigenvalue weighted by molar-refractivity contribution is 5.76. The molecule has 1 N–H and O–H groups in total. The number of ether oxygens (including phenoxy) is 2. The van der Waals surface area contributed by atoms with Crippen molar-refractivity contribution in [2.45, 2.75) is 144 Å². The molecule has 0 aromatic rings. The SMILES string of the molecule is CC(C)CCOC(C)(C)CC1CCC(CC(C)(C)OCCC(C)(C)NC(=O)CC(C)C)CC1. The minimum atomic E-state index is -0.232. The van der Waals surface area contributed by atoms with Crippen LogP contribution in [-0.2, 0) is 14.3 Å². The smallest absolute Gasteiger partial charge is 0.220 e. The molecule has 1 rings (SSSR count). The lowest BCUT2D eigenvalue weighted by atomic mass is 9.74. The van der Waals surface area contributed by atoms with Crippen LogP contribution >= 0.6 is 0 Å². The van der Waals surface area contributed by atoms with Crippen LogP contribution < -0.4 is 5.32 Å². The van der Waals surface area contributed by atoms with Gasteiger partial charge in [-0.1, -0.05) is 53.4 Å². The van der Waals surface area contributed by atoms with E-state index in [0.717, 1.165) is 37.7 Å². The largest absolute Gasteiger partial charge is 0.376 e. The van der Waals surface area contributed by atoms with Gasteiger partial charge in [0.1, 0.15) is 0 Å². The highest BCUT2D eigenvalue weighted by Gasteiger charge is 2.31. The van der Waals surface area contributed by atoms with Gasteiger partial charge in [-0.05, 0) is 90.9 Å². The van der Waals surface area contributed by atoms with Crippen LogP contribution in [0.4, 0.5) is 0 Å². The van der Waals surface area contributed by atoms with Gasteiger partial charge in [-0.2, -0.15) is 0 Å². The summed E-state index contributed by atoms with van der Waals surface area (Å²) in [6.07, 6.45) is 10.1. The number of rotatable bonds is 15. The van der Waals surface area contributed by atoms with Crippen LogP contribution in [0, 0.1) is 23.7 Å².